The summed E-state index contributed by atoms with van der Waals surface area (Å²) in [5.74, 6) is 0.859. The number of hydrogen-bond acceptors (Lipinski definition) is 3. The van der Waals surface area contributed by atoms with Crippen LogP contribution in [0.25, 0.3) is 22.2 Å². The fourth-order valence-corrected chi connectivity index (χ4v) is 2.80. The normalized spacial score (nSPS) is 11.9. The molecule has 0 spiro atoms. The zero-order valence-corrected chi connectivity index (χ0v) is 14.0. The van der Waals surface area contributed by atoms with Crippen LogP contribution in [-0.2, 0) is 6.54 Å². The van der Waals surface area contributed by atoms with E-state index >= 15 is 0 Å². The maximum absolute atomic E-state index is 10.1. The predicted molar refractivity (Wildman–Crippen MR) is 92.8 cm³/mol. The molecule has 0 atom stereocenters. The molecule has 0 aliphatic rings. The van der Waals surface area contributed by atoms with Crippen LogP contribution in [0.4, 0.5) is 0 Å². The highest BCUT2D eigenvalue weighted by Gasteiger charge is 2.16. The first-order chi connectivity index (χ1) is 10.9. The average Bonchev–Trinajstić information content (AvgIpc) is 2.87. The van der Waals surface area contributed by atoms with Gasteiger partial charge in [-0.1, -0.05) is 18.2 Å². The van der Waals surface area contributed by atoms with Crippen molar-refractivity contribution in [2.75, 3.05) is 7.11 Å². The van der Waals surface area contributed by atoms with Crippen molar-refractivity contribution in [1.29, 1.82) is 0 Å². The van der Waals surface area contributed by atoms with Gasteiger partial charge in [-0.25, -0.2) is 4.98 Å². The maximum Gasteiger partial charge on any atom is 0.126 e. The van der Waals surface area contributed by atoms with E-state index in [1.807, 2.05) is 23.6 Å². The molecule has 4 heteroatoms. The summed E-state index contributed by atoms with van der Waals surface area (Å²) in [4.78, 5) is 4.41. The lowest BCUT2D eigenvalue weighted by atomic mass is 10.0. The van der Waals surface area contributed by atoms with Crippen LogP contribution in [0.5, 0.6) is 5.75 Å². The van der Waals surface area contributed by atoms with Crippen LogP contribution in [0.3, 0.4) is 0 Å². The minimum atomic E-state index is -0.787. The van der Waals surface area contributed by atoms with Gasteiger partial charge in [0.05, 0.1) is 36.6 Å². The van der Waals surface area contributed by atoms with Crippen molar-refractivity contribution in [2.45, 2.75) is 32.9 Å². The van der Waals surface area contributed by atoms with E-state index < -0.39 is 5.60 Å². The molecule has 0 radical (unpaired) electrons. The number of aliphatic hydroxyl groups is 1. The summed E-state index contributed by atoms with van der Waals surface area (Å²) in [5.41, 5.74) is 4.43. The highest BCUT2D eigenvalue weighted by Crippen LogP contribution is 2.32. The average molecular weight is 310 g/mol. The lowest BCUT2D eigenvalue weighted by molar-refractivity contribution is 0.0627. The molecule has 0 amide bonds. The van der Waals surface area contributed by atoms with Gasteiger partial charge in [-0.15, -0.1) is 0 Å². The molecule has 0 saturated heterocycles. The maximum atomic E-state index is 10.1. The molecule has 2 aromatic carbocycles. The van der Waals surface area contributed by atoms with Gasteiger partial charge in [-0.05, 0) is 50.1 Å². The highest BCUT2D eigenvalue weighted by atomic mass is 16.5. The SMILES string of the molecule is COc1cc(C)ccc1-c1ccc2ncn(CC(C)(C)O)c2c1. The molecule has 0 saturated carbocycles. The Kier molecular flexibility index (Phi) is 3.86. The number of ether oxygens (including phenoxy) is 1. The van der Waals surface area contributed by atoms with E-state index in [0.717, 1.165) is 27.9 Å². The van der Waals surface area contributed by atoms with Gasteiger partial charge in [0.15, 0.2) is 0 Å². The molecule has 0 fully saturated rings. The summed E-state index contributed by atoms with van der Waals surface area (Å²) in [5, 5.41) is 10.1. The molecule has 23 heavy (non-hydrogen) atoms. The van der Waals surface area contributed by atoms with Gasteiger partial charge in [-0.3, -0.25) is 0 Å². The van der Waals surface area contributed by atoms with Crippen molar-refractivity contribution >= 4 is 11.0 Å². The summed E-state index contributed by atoms with van der Waals surface area (Å²) in [6, 6.07) is 12.3. The molecule has 3 rings (SSSR count). The second-order valence-electron chi connectivity index (χ2n) is 6.59. The zero-order valence-electron chi connectivity index (χ0n) is 14.0. The van der Waals surface area contributed by atoms with Crippen molar-refractivity contribution in [1.82, 2.24) is 9.55 Å². The third kappa shape index (κ3) is 3.22. The molecule has 0 bridgehead atoms. The van der Waals surface area contributed by atoms with E-state index in [9.17, 15) is 5.11 Å². The number of hydrogen-bond donors (Lipinski definition) is 1. The molecule has 1 N–H and O–H groups in total. The van der Waals surface area contributed by atoms with E-state index in [2.05, 4.69) is 29.2 Å². The van der Waals surface area contributed by atoms with Crippen LogP contribution in [0.1, 0.15) is 19.4 Å². The topological polar surface area (TPSA) is 47.3 Å². The van der Waals surface area contributed by atoms with E-state index in [0.29, 0.717) is 6.54 Å². The number of aromatic nitrogens is 2. The van der Waals surface area contributed by atoms with Crippen LogP contribution in [0.2, 0.25) is 0 Å². The van der Waals surface area contributed by atoms with Crippen molar-refractivity contribution in [3.05, 3.63) is 48.3 Å². The van der Waals surface area contributed by atoms with Gasteiger partial charge < -0.3 is 14.4 Å². The zero-order chi connectivity index (χ0) is 16.6. The fourth-order valence-electron chi connectivity index (χ4n) is 2.80. The Hall–Kier alpha value is -2.33. The molecule has 1 heterocycles. The van der Waals surface area contributed by atoms with E-state index in [4.69, 9.17) is 4.74 Å². The third-order valence-electron chi connectivity index (χ3n) is 3.85. The summed E-state index contributed by atoms with van der Waals surface area (Å²) in [7, 11) is 1.69. The van der Waals surface area contributed by atoms with E-state index in [1.165, 1.54) is 5.56 Å². The van der Waals surface area contributed by atoms with Crippen molar-refractivity contribution in [2.24, 2.45) is 0 Å². The van der Waals surface area contributed by atoms with Crippen LogP contribution in [-0.4, -0.2) is 27.4 Å². The third-order valence-corrected chi connectivity index (χ3v) is 3.85. The summed E-state index contributed by atoms with van der Waals surface area (Å²) in [6.45, 7) is 6.14. The van der Waals surface area contributed by atoms with E-state index in [1.54, 1.807) is 27.3 Å². The number of imidazole rings is 1. The minimum absolute atomic E-state index is 0.498. The monoisotopic (exact) mass is 310 g/mol. The van der Waals surface area contributed by atoms with Gasteiger partial charge in [0, 0.05) is 5.56 Å². The Morgan fingerprint density at radius 2 is 1.96 bits per heavy atom. The number of rotatable bonds is 4. The lowest BCUT2D eigenvalue weighted by Crippen LogP contribution is -2.25. The van der Waals surface area contributed by atoms with Crippen molar-refractivity contribution < 1.29 is 9.84 Å². The Balaban J connectivity index is 2.11. The molecule has 3 aromatic rings. The highest BCUT2D eigenvalue weighted by molar-refractivity contribution is 5.84. The Morgan fingerprint density at radius 3 is 2.65 bits per heavy atom. The first kappa shape index (κ1) is 15.6. The Bertz CT molecular complexity index is 844. The largest absolute Gasteiger partial charge is 0.496 e. The van der Waals surface area contributed by atoms with Crippen molar-refractivity contribution in [3.63, 3.8) is 0 Å². The summed E-state index contributed by atoms with van der Waals surface area (Å²) >= 11 is 0. The smallest absolute Gasteiger partial charge is 0.126 e. The number of nitrogens with zero attached hydrogens (tertiary/aromatic N) is 2. The molecule has 1 aromatic heterocycles. The second-order valence-corrected chi connectivity index (χ2v) is 6.59. The Labute approximate surface area is 136 Å². The molecule has 0 unspecified atom stereocenters. The van der Waals surface area contributed by atoms with Crippen LogP contribution < -0.4 is 4.74 Å². The van der Waals surface area contributed by atoms with Gasteiger partial charge in [-0.2, -0.15) is 0 Å². The van der Waals surface area contributed by atoms with Gasteiger partial charge in [0.1, 0.15) is 5.75 Å². The number of fused-ring (bicyclic) bond motifs is 1. The first-order valence-corrected chi connectivity index (χ1v) is 7.70. The number of aryl methyl sites for hydroxylation is 1. The van der Waals surface area contributed by atoms with Gasteiger partial charge in [0.2, 0.25) is 0 Å². The molecular weight excluding hydrogens is 288 g/mol. The summed E-state index contributed by atoms with van der Waals surface area (Å²) < 4.78 is 7.51. The standard InChI is InChI=1S/C19H22N2O2/c1-13-5-7-15(18(9-13)23-4)14-6-8-16-17(10-14)21(12-20-16)11-19(2,3)22/h5-10,12,22H,11H2,1-4H3. The lowest BCUT2D eigenvalue weighted by Gasteiger charge is -2.18. The molecule has 0 aliphatic heterocycles. The van der Waals surface area contributed by atoms with Crippen molar-refractivity contribution in [3.8, 4) is 16.9 Å². The van der Waals surface area contributed by atoms with Gasteiger partial charge >= 0.3 is 0 Å². The number of methoxy groups -OCH3 is 1. The van der Waals surface area contributed by atoms with Crippen LogP contribution in [0, 0.1) is 6.92 Å². The number of benzene rings is 2. The van der Waals surface area contributed by atoms with Crippen LogP contribution in [0.15, 0.2) is 42.7 Å². The molecule has 0 aliphatic carbocycles. The molecule has 120 valence electrons. The van der Waals surface area contributed by atoms with Crippen LogP contribution >= 0.6 is 0 Å². The minimum Gasteiger partial charge on any atom is -0.496 e. The molecule has 4 nitrogen and oxygen atoms in total. The Morgan fingerprint density at radius 1 is 1.17 bits per heavy atom. The summed E-state index contributed by atoms with van der Waals surface area (Å²) in [6.07, 6.45) is 1.78. The second kappa shape index (κ2) is 5.70. The van der Waals surface area contributed by atoms with Gasteiger partial charge in [0.25, 0.3) is 0 Å². The predicted octanol–water partition coefficient (Wildman–Crippen LogP) is 3.79. The first-order valence-electron chi connectivity index (χ1n) is 7.70. The van der Waals surface area contributed by atoms with E-state index in [-0.39, 0.29) is 0 Å². The molecular formula is C19H22N2O2. The quantitative estimate of drug-likeness (QED) is 0.797. The fraction of sp³-hybridized carbons (Fsp3) is 0.316.